The van der Waals surface area contributed by atoms with Crippen LogP contribution in [0.5, 0.6) is 0 Å². The Bertz CT molecular complexity index is 36.8. The van der Waals surface area contributed by atoms with Gasteiger partial charge in [0.1, 0.15) is 0 Å². The van der Waals surface area contributed by atoms with Crippen molar-refractivity contribution in [3.63, 3.8) is 0 Å². The maximum absolute atomic E-state index is 4.69. The number of methoxy groups -OCH3 is 3. The standard InChI is InChI=1S/C4H10O.C3H8O.C2H6O/c1-3-4-5-2;1-3-4-2;1-3-2/h3-4H2,1-2H3;3H2,1-2H3;1-2H3. The van der Waals surface area contributed by atoms with E-state index in [1.165, 1.54) is 0 Å². The summed E-state index contributed by atoms with van der Waals surface area (Å²) in [5.41, 5.74) is 0. The normalized spacial score (nSPS) is 7.50. The fourth-order valence-electron chi connectivity index (χ4n) is 0.204. The summed E-state index contributed by atoms with van der Waals surface area (Å²) in [6.07, 6.45) is 1.12. The van der Waals surface area contributed by atoms with Crippen molar-refractivity contribution in [2.45, 2.75) is 20.3 Å². The quantitative estimate of drug-likeness (QED) is 0.664. The molecule has 0 amide bonds. The first-order valence-corrected chi connectivity index (χ1v) is 4.12. The molecule has 0 spiro atoms. The molecule has 12 heavy (non-hydrogen) atoms. The molecule has 0 rings (SSSR count). The summed E-state index contributed by atoms with van der Waals surface area (Å²) in [5, 5.41) is 0. The van der Waals surface area contributed by atoms with Gasteiger partial charge in [-0.2, -0.15) is 0 Å². The summed E-state index contributed by atoms with van der Waals surface area (Å²) in [4.78, 5) is 0. The van der Waals surface area contributed by atoms with Crippen molar-refractivity contribution in [3.05, 3.63) is 0 Å². The first kappa shape index (κ1) is 17.8. The van der Waals surface area contributed by atoms with Crippen LogP contribution < -0.4 is 0 Å². The molecule has 0 aromatic carbocycles. The molecule has 0 radical (unpaired) electrons. The molecule has 0 bridgehead atoms. The fourth-order valence-corrected chi connectivity index (χ4v) is 0.204. The zero-order chi connectivity index (χ0) is 10.2. The number of hydrogen-bond acceptors (Lipinski definition) is 3. The zero-order valence-electron chi connectivity index (χ0n) is 9.35. The Balaban J connectivity index is -0.000000105. The van der Waals surface area contributed by atoms with Gasteiger partial charge in [0.15, 0.2) is 0 Å². The minimum Gasteiger partial charge on any atom is -0.388 e. The van der Waals surface area contributed by atoms with Crippen molar-refractivity contribution < 1.29 is 14.2 Å². The van der Waals surface area contributed by atoms with Crippen LogP contribution in [0.2, 0.25) is 0 Å². The molecule has 0 atom stereocenters. The van der Waals surface area contributed by atoms with Gasteiger partial charge in [0.05, 0.1) is 0 Å². The van der Waals surface area contributed by atoms with Gasteiger partial charge in [-0.3, -0.25) is 0 Å². The molecule has 0 aromatic heterocycles. The van der Waals surface area contributed by atoms with E-state index >= 15 is 0 Å². The highest BCUT2D eigenvalue weighted by Gasteiger charge is 1.66. The summed E-state index contributed by atoms with van der Waals surface area (Å²) >= 11 is 0. The molecule has 78 valence electrons. The van der Waals surface area contributed by atoms with Crippen LogP contribution >= 0.6 is 0 Å². The molecular formula is C9H24O3. The van der Waals surface area contributed by atoms with Crippen LogP contribution in [0.15, 0.2) is 0 Å². The average molecular weight is 180 g/mol. The Kier molecular flexibility index (Phi) is 45.7. The van der Waals surface area contributed by atoms with E-state index in [2.05, 4.69) is 16.4 Å². The average Bonchev–Trinajstić information content (AvgIpc) is 2.08. The summed E-state index contributed by atoms with van der Waals surface area (Å²) in [5.74, 6) is 0. The zero-order valence-corrected chi connectivity index (χ0v) is 9.35. The van der Waals surface area contributed by atoms with Crippen molar-refractivity contribution in [2.24, 2.45) is 0 Å². The molecule has 0 aliphatic rings. The lowest BCUT2D eigenvalue weighted by Crippen LogP contribution is -1.80. The van der Waals surface area contributed by atoms with Crippen LogP contribution in [-0.4, -0.2) is 41.7 Å². The molecule has 0 aromatic rings. The fraction of sp³-hybridized carbons (Fsp3) is 1.00. The molecule has 3 nitrogen and oxygen atoms in total. The first-order chi connectivity index (χ1) is 5.74. The van der Waals surface area contributed by atoms with E-state index in [9.17, 15) is 0 Å². The lowest BCUT2D eigenvalue weighted by Gasteiger charge is -1.84. The second kappa shape index (κ2) is 30.7. The Morgan fingerprint density at radius 2 is 1.17 bits per heavy atom. The van der Waals surface area contributed by atoms with Gasteiger partial charge < -0.3 is 14.2 Å². The topological polar surface area (TPSA) is 27.7 Å². The van der Waals surface area contributed by atoms with E-state index in [0.29, 0.717) is 0 Å². The van der Waals surface area contributed by atoms with Gasteiger partial charge in [-0.25, -0.2) is 0 Å². The monoisotopic (exact) mass is 180 g/mol. The van der Waals surface area contributed by atoms with Crippen LogP contribution in [0.25, 0.3) is 0 Å². The Morgan fingerprint density at radius 1 is 0.833 bits per heavy atom. The number of hydrogen-bond donors (Lipinski definition) is 0. The van der Waals surface area contributed by atoms with Crippen LogP contribution in [0.1, 0.15) is 20.3 Å². The molecule has 0 aliphatic heterocycles. The highest BCUT2D eigenvalue weighted by Crippen LogP contribution is 1.70. The molecule has 0 N–H and O–H groups in total. The second-order valence-electron chi connectivity index (χ2n) is 1.98. The van der Waals surface area contributed by atoms with Crippen LogP contribution in [0.3, 0.4) is 0 Å². The van der Waals surface area contributed by atoms with Gasteiger partial charge in [-0.05, 0) is 13.3 Å². The smallest absolute Gasteiger partial charge is 0.0459 e. The predicted octanol–water partition coefficient (Wildman–Crippen LogP) is 1.96. The predicted molar refractivity (Wildman–Crippen MR) is 52.7 cm³/mol. The highest BCUT2D eigenvalue weighted by molar-refractivity contribution is 4.15. The van der Waals surface area contributed by atoms with E-state index in [1.54, 1.807) is 28.4 Å². The maximum Gasteiger partial charge on any atom is 0.0459 e. The van der Waals surface area contributed by atoms with Gasteiger partial charge in [-0.15, -0.1) is 0 Å². The van der Waals surface area contributed by atoms with E-state index in [-0.39, 0.29) is 0 Å². The maximum atomic E-state index is 4.69. The van der Waals surface area contributed by atoms with Crippen LogP contribution in [-0.2, 0) is 14.2 Å². The lowest BCUT2D eigenvalue weighted by molar-refractivity contribution is 0.199. The molecule has 0 unspecified atom stereocenters. The minimum absolute atomic E-state index is 0.819. The molecule has 0 saturated carbocycles. The van der Waals surface area contributed by atoms with Gasteiger partial charge in [-0.1, -0.05) is 6.92 Å². The van der Waals surface area contributed by atoms with Crippen molar-refractivity contribution >= 4 is 0 Å². The molecule has 0 saturated heterocycles. The molecule has 0 fully saturated rings. The summed E-state index contributed by atoms with van der Waals surface area (Å²) in [6, 6.07) is 0. The van der Waals surface area contributed by atoms with Crippen molar-refractivity contribution in [1.29, 1.82) is 0 Å². The van der Waals surface area contributed by atoms with Crippen molar-refractivity contribution in [1.82, 2.24) is 0 Å². The molecule has 0 heterocycles. The molecular weight excluding hydrogens is 156 g/mol. The van der Waals surface area contributed by atoms with E-state index < -0.39 is 0 Å². The first-order valence-electron chi connectivity index (χ1n) is 4.12. The number of ether oxygens (including phenoxy) is 3. The van der Waals surface area contributed by atoms with Gasteiger partial charge >= 0.3 is 0 Å². The summed E-state index contributed by atoms with van der Waals surface area (Å²) < 4.78 is 13.5. The Labute approximate surface area is 77.0 Å². The van der Waals surface area contributed by atoms with Crippen molar-refractivity contribution in [2.75, 3.05) is 41.7 Å². The van der Waals surface area contributed by atoms with Gasteiger partial charge in [0.2, 0.25) is 0 Å². The third kappa shape index (κ3) is 93.9. The largest absolute Gasteiger partial charge is 0.388 e. The van der Waals surface area contributed by atoms with Crippen molar-refractivity contribution in [3.8, 4) is 0 Å². The van der Waals surface area contributed by atoms with E-state index in [1.807, 2.05) is 6.92 Å². The van der Waals surface area contributed by atoms with Gasteiger partial charge in [0, 0.05) is 41.7 Å². The van der Waals surface area contributed by atoms with Crippen LogP contribution in [0.4, 0.5) is 0 Å². The summed E-state index contributed by atoms with van der Waals surface area (Å²) in [6.45, 7) is 5.75. The minimum atomic E-state index is 0.819. The van der Waals surface area contributed by atoms with E-state index in [0.717, 1.165) is 19.6 Å². The van der Waals surface area contributed by atoms with Crippen LogP contribution in [0, 0.1) is 0 Å². The third-order valence-electron chi connectivity index (χ3n) is 0.697. The molecule has 3 heteroatoms. The lowest BCUT2D eigenvalue weighted by atomic mass is 10.5. The highest BCUT2D eigenvalue weighted by atomic mass is 16.5. The SMILES string of the molecule is CCCOC.CCOC.COC. The summed E-state index contributed by atoms with van der Waals surface area (Å²) in [7, 11) is 6.64. The molecule has 0 aliphatic carbocycles. The van der Waals surface area contributed by atoms with E-state index in [4.69, 9.17) is 4.74 Å². The second-order valence-corrected chi connectivity index (χ2v) is 1.98. The Morgan fingerprint density at radius 3 is 1.17 bits per heavy atom. The Hall–Kier alpha value is -0.120. The third-order valence-corrected chi connectivity index (χ3v) is 0.697. The number of rotatable bonds is 3. The van der Waals surface area contributed by atoms with Gasteiger partial charge in [0.25, 0.3) is 0 Å².